The zero-order valence-corrected chi connectivity index (χ0v) is 14.2. The fourth-order valence-corrected chi connectivity index (χ4v) is 3.39. The second kappa shape index (κ2) is 8.37. The van der Waals surface area contributed by atoms with E-state index in [0.29, 0.717) is 11.3 Å². The molecule has 1 aliphatic carbocycles. The second-order valence-electron chi connectivity index (χ2n) is 5.62. The highest BCUT2D eigenvalue weighted by Gasteiger charge is 2.31. The highest BCUT2D eigenvalue weighted by molar-refractivity contribution is 7.12. The third kappa shape index (κ3) is 6.03. The first-order valence-corrected chi connectivity index (χ1v) is 8.72. The van der Waals surface area contributed by atoms with Crippen molar-refractivity contribution in [2.24, 2.45) is 0 Å². The Morgan fingerprint density at radius 2 is 2.12 bits per heavy atom. The molecule has 1 N–H and O–H groups in total. The minimum absolute atomic E-state index is 0.0725. The minimum Gasteiger partial charge on any atom is -0.406 e. The van der Waals surface area contributed by atoms with Gasteiger partial charge in [0.1, 0.15) is 5.76 Å². The number of carbonyl (C=O) groups is 1. The van der Waals surface area contributed by atoms with Gasteiger partial charge in [0.15, 0.2) is 0 Å². The van der Waals surface area contributed by atoms with Crippen molar-refractivity contribution in [2.45, 2.75) is 51.4 Å². The molecular weight excluding hydrogens is 339 g/mol. The molecule has 1 fully saturated rings. The molecule has 0 unspecified atom stereocenters. The summed E-state index contributed by atoms with van der Waals surface area (Å²) in [5, 5.41) is 4.86. The summed E-state index contributed by atoms with van der Waals surface area (Å²) in [6.07, 6.45) is 4.21. The molecule has 0 aromatic carbocycles. The molecule has 132 valence electrons. The van der Waals surface area contributed by atoms with E-state index in [9.17, 15) is 18.0 Å². The summed E-state index contributed by atoms with van der Waals surface area (Å²) in [4.78, 5) is 12.8. The quantitative estimate of drug-likeness (QED) is 0.576. The largest absolute Gasteiger partial charge is 0.573 e. The normalized spacial score (nSPS) is 16.8. The van der Waals surface area contributed by atoms with Gasteiger partial charge < -0.3 is 10.1 Å². The maximum atomic E-state index is 12.2. The van der Waals surface area contributed by atoms with Crippen molar-refractivity contribution in [3.8, 4) is 0 Å². The number of nitrogens with one attached hydrogen (secondary N) is 1. The summed E-state index contributed by atoms with van der Waals surface area (Å²) in [7, 11) is 0. The molecule has 2 rings (SSSR count). The van der Waals surface area contributed by atoms with Gasteiger partial charge in [0.05, 0.1) is 4.88 Å². The SMILES string of the molecule is C/C=C(\C=C/Cc1csc(C(=O)NC2CCCC2)c1)OC(F)(F)F. The molecule has 0 atom stereocenters. The van der Waals surface area contributed by atoms with E-state index >= 15 is 0 Å². The van der Waals surface area contributed by atoms with Gasteiger partial charge in [-0.05, 0) is 55.3 Å². The third-order valence-electron chi connectivity index (χ3n) is 3.72. The number of allylic oxidation sites excluding steroid dienone is 3. The predicted molar refractivity (Wildman–Crippen MR) is 87.8 cm³/mol. The van der Waals surface area contributed by atoms with Crippen molar-refractivity contribution < 1.29 is 22.7 Å². The van der Waals surface area contributed by atoms with Crippen LogP contribution in [0.5, 0.6) is 0 Å². The average molecular weight is 359 g/mol. The Morgan fingerprint density at radius 3 is 2.75 bits per heavy atom. The molecule has 1 amide bonds. The number of amides is 1. The van der Waals surface area contributed by atoms with E-state index in [4.69, 9.17) is 0 Å². The number of halogens is 3. The lowest BCUT2D eigenvalue weighted by molar-refractivity contribution is -0.303. The molecule has 0 radical (unpaired) electrons. The van der Waals surface area contributed by atoms with Crippen LogP contribution in [-0.4, -0.2) is 18.3 Å². The van der Waals surface area contributed by atoms with Crippen LogP contribution in [0.4, 0.5) is 13.2 Å². The lowest BCUT2D eigenvalue weighted by Crippen LogP contribution is -2.31. The predicted octanol–water partition coefficient (Wildman–Crippen LogP) is 4.96. The highest BCUT2D eigenvalue weighted by atomic mass is 32.1. The number of thiophene rings is 1. The minimum atomic E-state index is -4.69. The molecule has 0 saturated heterocycles. The molecule has 0 aliphatic heterocycles. The van der Waals surface area contributed by atoms with Gasteiger partial charge in [0, 0.05) is 6.04 Å². The Morgan fingerprint density at radius 1 is 1.42 bits per heavy atom. The van der Waals surface area contributed by atoms with E-state index in [2.05, 4.69) is 10.1 Å². The molecule has 0 spiro atoms. The smallest absolute Gasteiger partial charge is 0.406 e. The molecule has 1 aromatic rings. The number of carbonyl (C=O) groups excluding carboxylic acids is 1. The lowest BCUT2D eigenvalue weighted by Gasteiger charge is -2.10. The van der Waals surface area contributed by atoms with Gasteiger partial charge in [-0.15, -0.1) is 24.5 Å². The van der Waals surface area contributed by atoms with Gasteiger partial charge in [-0.1, -0.05) is 18.9 Å². The van der Waals surface area contributed by atoms with Crippen LogP contribution in [0.15, 0.2) is 35.4 Å². The van der Waals surface area contributed by atoms with Crippen molar-refractivity contribution in [1.82, 2.24) is 5.32 Å². The van der Waals surface area contributed by atoms with Crippen LogP contribution in [0.25, 0.3) is 0 Å². The Kier molecular flexibility index (Phi) is 6.48. The van der Waals surface area contributed by atoms with Crippen LogP contribution in [0.3, 0.4) is 0 Å². The maximum absolute atomic E-state index is 12.2. The maximum Gasteiger partial charge on any atom is 0.573 e. The van der Waals surface area contributed by atoms with Gasteiger partial charge in [0.2, 0.25) is 0 Å². The summed E-state index contributed by atoms with van der Waals surface area (Å²) < 4.78 is 40.3. The number of hydrogen-bond donors (Lipinski definition) is 1. The van der Waals surface area contributed by atoms with Gasteiger partial charge in [-0.2, -0.15) is 0 Å². The standard InChI is InChI=1S/C17H20F3NO2S/c1-2-14(23-17(18,19)20)9-5-6-12-10-15(24-11-12)16(22)21-13-7-3-4-8-13/h2,5,9-11,13H,3-4,6-8H2,1H3,(H,21,22)/b9-5-,14-2+. The van der Waals surface area contributed by atoms with Crippen molar-refractivity contribution in [3.63, 3.8) is 0 Å². The molecule has 7 heteroatoms. The topological polar surface area (TPSA) is 38.3 Å². The van der Waals surface area contributed by atoms with Gasteiger partial charge in [0.25, 0.3) is 5.91 Å². The molecule has 24 heavy (non-hydrogen) atoms. The fraction of sp³-hybridized carbons (Fsp3) is 0.471. The van der Waals surface area contributed by atoms with E-state index in [-0.39, 0.29) is 17.7 Å². The average Bonchev–Trinajstić information content (AvgIpc) is 3.16. The third-order valence-corrected chi connectivity index (χ3v) is 4.70. The van der Waals surface area contributed by atoms with Crippen molar-refractivity contribution in [2.75, 3.05) is 0 Å². The first-order chi connectivity index (χ1) is 11.4. The molecule has 0 bridgehead atoms. The molecule has 1 saturated carbocycles. The number of rotatable bonds is 6. The number of hydrogen-bond acceptors (Lipinski definition) is 3. The summed E-state index contributed by atoms with van der Waals surface area (Å²) in [5.41, 5.74) is 0.885. The molecule has 1 heterocycles. The summed E-state index contributed by atoms with van der Waals surface area (Å²) in [5.74, 6) is -0.325. The monoisotopic (exact) mass is 359 g/mol. The number of ether oxygens (including phenoxy) is 1. The number of alkyl halides is 3. The van der Waals surface area contributed by atoms with Gasteiger partial charge in [-0.25, -0.2) is 0 Å². The molecule has 1 aromatic heterocycles. The molecular formula is C17H20F3NO2S. The van der Waals surface area contributed by atoms with Crippen molar-refractivity contribution in [1.29, 1.82) is 0 Å². The Bertz CT molecular complexity index is 614. The van der Waals surface area contributed by atoms with Crippen LogP contribution in [0.1, 0.15) is 47.8 Å². The van der Waals surface area contributed by atoms with E-state index in [1.165, 1.54) is 30.4 Å². The van der Waals surface area contributed by atoms with E-state index < -0.39 is 6.36 Å². The van der Waals surface area contributed by atoms with Crippen LogP contribution < -0.4 is 5.32 Å². The fourth-order valence-electron chi connectivity index (χ4n) is 2.56. The molecule has 1 aliphatic rings. The van der Waals surface area contributed by atoms with Crippen LogP contribution in [-0.2, 0) is 11.2 Å². The lowest BCUT2D eigenvalue weighted by atomic mass is 10.2. The van der Waals surface area contributed by atoms with Crippen molar-refractivity contribution in [3.05, 3.63) is 45.9 Å². The second-order valence-corrected chi connectivity index (χ2v) is 6.53. The first kappa shape index (κ1) is 18.6. The van der Waals surface area contributed by atoms with Crippen LogP contribution in [0.2, 0.25) is 0 Å². The van der Waals surface area contributed by atoms with Crippen molar-refractivity contribution >= 4 is 17.2 Å². The first-order valence-electron chi connectivity index (χ1n) is 7.84. The zero-order chi connectivity index (χ0) is 17.6. The highest BCUT2D eigenvalue weighted by Crippen LogP contribution is 2.22. The Balaban J connectivity index is 1.86. The van der Waals surface area contributed by atoms with Crippen LogP contribution in [0, 0.1) is 0 Å². The van der Waals surface area contributed by atoms with E-state index in [0.717, 1.165) is 31.2 Å². The molecule has 3 nitrogen and oxygen atoms in total. The van der Waals surface area contributed by atoms with E-state index in [1.54, 1.807) is 12.1 Å². The Labute approximate surface area is 143 Å². The van der Waals surface area contributed by atoms with Gasteiger partial charge >= 0.3 is 6.36 Å². The van der Waals surface area contributed by atoms with Gasteiger partial charge in [-0.3, -0.25) is 4.79 Å². The summed E-state index contributed by atoms with van der Waals surface area (Å²) in [6.45, 7) is 1.47. The Hall–Kier alpha value is -1.76. The zero-order valence-electron chi connectivity index (χ0n) is 13.4. The van der Waals surface area contributed by atoms with E-state index in [1.807, 2.05) is 5.38 Å². The van der Waals surface area contributed by atoms with Crippen LogP contribution >= 0.6 is 11.3 Å². The summed E-state index contributed by atoms with van der Waals surface area (Å²) in [6, 6.07) is 2.04. The summed E-state index contributed by atoms with van der Waals surface area (Å²) >= 11 is 1.34.